The van der Waals surface area contributed by atoms with E-state index in [1.54, 1.807) is 0 Å². The van der Waals surface area contributed by atoms with Gasteiger partial charge in [0.25, 0.3) is 5.24 Å². The van der Waals surface area contributed by atoms with Gasteiger partial charge in [0.2, 0.25) is 5.88 Å². The van der Waals surface area contributed by atoms with Crippen LogP contribution >= 0.6 is 11.6 Å². The molecule has 2 aromatic rings. The number of halogens is 3. The number of pyridine rings is 1. The molecule has 0 atom stereocenters. The molecule has 0 radical (unpaired) electrons. The van der Waals surface area contributed by atoms with Gasteiger partial charge in [-0.25, -0.2) is 13.8 Å². The zero-order valence-electron chi connectivity index (χ0n) is 8.63. The van der Waals surface area contributed by atoms with Gasteiger partial charge in [-0.15, -0.1) is 0 Å². The molecule has 0 saturated heterocycles. The van der Waals surface area contributed by atoms with Gasteiger partial charge in [-0.1, -0.05) is 0 Å². The molecule has 3 nitrogen and oxygen atoms in total. The van der Waals surface area contributed by atoms with Crippen LogP contribution in [0.5, 0.6) is 5.88 Å². The van der Waals surface area contributed by atoms with Crippen molar-refractivity contribution in [3.05, 3.63) is 35.4 Å². The molecule has 0 saturated carbocycles. The highest BCUT2D eigenvalue weighted by molar-refractivity contribution is 6.68. The molecule has 0 amide bonds. The van der Waals surface area contributed by atoms with Crippen LogP contribution in [0.15, 0.2) is 18.2 Å². The predicted octanol–water partition coefficient (Wildman–Crippen LogP) is 2.90. The average molecular weight is 258 g/mol. The maximum absolute atomic E-state index is 13.5. The lowest BCUT2D eigenvalue weighted by Crippen LogP contribution is -1.99. The van der Waals surface area contributed by atoms with Gasteiger partial charge in [0.1, 0.15) is 5.52 Å². The summed E-state index contributed by atoms with van der Waals surface area (Å²) in [5.41, 5.74) is -0.263. The Morgan fingerprint density at radius 2 is 2.12 bits per heavy atom. The Morgan fingerprint density at radius 1 is 1.41 bits per heavy atom. The van der Waals surface area contributed by atoms with Gasteiger partial charge in [0, 0.05) is 17.0 Å². The molecule has 0 fully saturated rings. The maximum Gasteiger partial charge on any atom is 0.253 e. The van der Waals surface area contributed by atoms with Crippen LogP contribution in [0.3, 0.4) is 0 Å². The highest BCUT2D eigenvalue weighted by atomic mass is 35.5. The van der Waals surface area contributed by atoms with Crippen LogP contribution < -0.4 is 4.74 Å². The summed E-state index contributed by atoms with van der Waals surface area (Å²) in [6.45, 7) is 0. The lowest BCUT2D eigenvalue weighted by molar-refractivity contribution is 0.108. The number of fused-ring (bicyclic) bond motifs is 1. The first-order valence-electron chi connectivity index (χ1n) is 4.57. The van der Waals surface area contributed by atoms with Crippen LogP contribution in [-0.2, 0) is 0 Å². The third kappa shape index (κ3) is 1.93. The van der Waals surface area contributed by atoms with Gasteiger partial charge in [-0.2, -0.15) is 0 Å². The molecule has 0 aliphatic heterocycles. The van der Waals surface area contributed by atoms with Gasteiger partial charge < -0.3 is 4.74 Å². The number of methoxy groups -OCH3 is 1. The van der Waals surface area contributed by atoms with Crippen LogP contribution in [0.2, 0.25) is 0 Å². The first-order chi connectivity index (χ1) is 8.04. The third-order valence-electron chi connectivity index (χ3n) is 2.27. The average Bonchev–Trinajstić information content (AvgIpc) is 2.32. The molecule has 0 aliphatic carbocycles. The van der Waals surface area contributed by atoms with E-state index in [-0.39, 0.29) is 22.3 Å². The van der Waals surface area contributed by atoms with Crippen molar-refractivity contribution in [1.82, 2.24) is 4.98 Å². The van der Waals surface area contributed by atoms with Crippen molar-refractivity contribution >= 4 is 27.7 Å². The monoisotopic (exact) mass is 257 g/mol. The first kappa shape index (κ1) is 11.7. The van der Waals surface area contributed by atoms with Gasteiger partial charge in [0.15, 0.2) is 11.6 Å². The summed E-state index contributed by atoms with van der Waals surface area (Å²) in [7, 11) is 1.30. The number of hydrogen-bond donors (Lipinski definition) is 0. The molecule has 17 heavy (non-hydrogen) atoms. The second-order valence-electron chi connectivity index (χ2n) is 3.24. The van der Waals surface area contributed by atoms with E-state index >= 15 is 0 Å². The Balaban J connectivity index is 2.90. The van der Waals surface area contributed by atoms with E-state index in [0.717, 1.165) is 6.07 Å². The van der Waals surface area contributed by atoms with Gasteiger partial charge in [-0.3, -0.25) is 4.79 Å². The number of carbonyl (C=O) groups excluding carboxylic acids is 1. The molecule has 2 rings (SSSR count). The van der Waals surface area contributed by atoms with Crippen molar-refractivity contribution in [3.63, 3.8) is 0 Å². The Kier molecular flexibility index (Phi) is 2.93. The van der Waals surface area contributed by atoms with Crippen molar-refractivity contribution in [1.29, 1.82) is 0 Å². The molecule has 6 heteroatoms. The van der Waals surface area contributed by atoms with E-state index in [9.17, 15) is 13.6 Å². The molecule has 0 unspecified atom stereocenters. The van der Waals surface area contributed by atoms with Crippen molar-refractivity contribution in [2.45, 2.75) is 0 Å². The quantitative estimate of drug-likeness (QED) is 0.777. The SMILES string of the molecule is COc1cc(C(=O)Cl)c2ccc(F)c(F)c2n1. The molecule has 0 spiro atoms. The van der Waals surface area contributed by atoms with Crippen molar-refractivity contribution in [2.24, 2.45) is 0 Å². The standard InChI is InChI=1S/C11H6ClF2NO2/c1-17-8-4-6(11(12)16)5-2-3-7(13)9(14)10(5)15-8/h2-4H,1H3. The van der Waals surface area contributed by atoms with E-state index in [0.29, 0.717) is 0 Å². The summed E-state index contributed by atoms with van der Waals surface area (Å²) >= 11 is 5.36. The summed E-state index contributed by atoms with van der Waals surface area (Å²) in [6, 6.07) is 3.43. The normalized spacial score (nSPS) is 10.6. The van der Waals surface area contributed by atoms with Gasteiger partial charge >= 0.3 is 0 Å². The van der Waals surface area contributed by atoms with Crippen LogP contribution in [0.1, 0.15) is 10.4 Å². The van der Waals surface area contributed by atoms with Crippen LogP contribution in [0, 0.1) is 11.6 Å². The number of benzene rings is 1. The second kappa shape index (κ2) is 4.25. The highest BCUT2D eigenvalue weighted by Crippen LogP contribution is 2.26. The molecule has 0 N–H and O–H groups in total. The van der Waals surface area contributed by atoms with Crippen LogP contribution in [-0.4, -0.2) is 17.3 Å². The molecular weight excluding hydrogens is 252 g/mol. The van der Waals surface area contributed by atoms with Gasteiger partial charge in [-0.05, 0) is 23.7 Å². The largest absolute Gasteiger partial charge is 0.481 e. The lowest BCUT2D eigenvalue weighted by Gasteiger charge is -2.06. The topological polar surface area (TPSA) is 39.2 Å². The van der Waals surface area contributed by atoms with Crippen LogP contribution in [0.25, 0.3) is 10.9 Å². The molecule has 1 heterocycles. The minimum Gasteiger partial charge on any atom is -0.481 e. The number of carbonyl (C=O) groups is 1. The van der Waals surface area contributed by atoms with E-state index in [1.165, 1.54) is 19.2 Å². The number of hydrogen-bond acceptors (Lipinski definition) is 3. The number of aromatic nitrogens is 1. The smallest absolute Gasteiger partial charge is 0.253 e. The number of nitrogens with zero attached hydrogens (tertiary/aromatic N) is 1. The Morgan fingerprint density at radius 3 is 2.71 bits per heavy atom. The van der Waals surface area contributed by atoms with Crippen molar-refractivity contribution in [2.75, 3.05) is 7.11 Å². The fourth-order valence-corrected chi connectivity index (χ4v) is 1.63. The van der Waals surface area contributed by atoms with Crippen molar-refractivity contribution in [3.8, 4) is 5.88 Å². The van der Waals surface area contributed by atoms with E-state index in [1.807, 2.05) is 0 Å². The van der Waals surface area contributed by atoms with E-state index in [4.69, 9.17) is 16.3 Å². The van der Waals surface area contributed by atoms with Gasteiger partial charge in [0.05, 0.1) is 7.11 Å². The maximum atomic E-state index is 13.5. The zero-order valence-corrected chi connectivity index (χ0v) is 9.39. The summed E-state index contributed by atoms with van der Waals surface area (Å²) in [5.74, 6) is -2.20. The second-order valence-corrected chi connectivity index (χ2v) is 3.59. The third-order valence-corrected chi connectivity index (χ3v) is 2.47. The molecular formula is C11H6ClF2NO2. The summed E-state index contributed by atoms with van der Waals surface area (Å²) in [5, 5.41) is -0.647. The number of rotatable bonds is 2. The molecule has 0 aliphatic rings. The highest BCUT2D eigenvalue weighted by Gasteiger charge is 2.16. The summed E-state index contributed by atoms with van der Waals surface area (Å²) in [6.07, 6.45) is 0. The minimum absolute atomic E-state index is 0.00833. The Labute approximate surface area is 100.0 Å². The summed E-state index contributed by atoms with van der Waals surface area (Å²) < 4.78 is 31.4. The molecule has 1 aromatic carbocycles. The fourth-order valence-electron chi connectivity index (χ4n) is 1.48. The molecule has 0 bridgehead atoms. The van der Waals surface area contributed by atoms with Crippen LogP contribution in [0.4, 0.5) is 8.78 Å². The Hall–Kier alpha value is -1.75. The van der Waals surface area contributed by atoms with Crippen molar-refractivity contribution < 1.29 is 18.3 Å². The fraction of sp³-hybridized carbons (Fsp3) is 0.0909. The molecule has 88 valence electrons. The Bertz CT molecular complexity index is 616. The van der Waals surface area contributed by atoms with E-state index < -0.39 is 16.9 Å². The lowest BCUT2D eigenvalue weighted by atomic mass is 10.1. The summed E-state index contributed by atoms with van der Waals surface area (Å²) in [4.78, 5) is 14.9. The number of ether oxygens (including phenoxy) is 1. The predicted molar refractivity (Wildman–Crippen MR) is 58.4 cm³/mol. The van der Waals surface area contributed by atoms with E-state index in [2.05, 4.69) is 4.98 Å². The minimum atomic E-state index is -1.14. The zero-order chi connectivity index (χ0) is 12.6. The first-order valence-corrected chi connectivity index (χ1v) is 4.95. The molecule has 1 aromatic heterocycles.